The van der Waals surface area contributed by atoms with Crippen LogP contribution in [-0.4, -0.2) is 50.8 Å². The summed E-state index contributed by atoms with van der Waals surface area (Å²) >= 11 is 0. The first-order valence-electron chi connectivity index (χ1n) is 7.32. The van der Waals surface area contributed by atoms with Gasteiger partial charge in [-0.05, 0) is 24.7 Å². The van der Waals surface area contributed by atoms with Gasteiger partial charge < -0.3 is 15.0 Å². The van der Waals surface area contributed by atoms with Gasteiger partial charge in [0.2, 0.25) is 0 Å². The Kier molecular flexibility index (Phi) is 3.42. The highest BCUT2D eigenvalue weighted by Crippen LogP contribution is 2.51. The predicted octanol–water partition coefficient (Wildman–Crippen LogP) is 1.34. The lowest BCUT2D eigenvalue weighted by Crippen LogP contribution is -2.58. The minimum atomic E-state index is 0.545. The molecule has 0 aromatic rings. The summed E-state index contributed by atoms with van der Waals surface area (Å²) in [5.41, 5.74) is 0.545. The quantitative estimate of drug-likeness (QED) is 0.800. The molecule has 2 saturated heterocycles. The number of nitrogens with one attached hydrogen (secondary N) is 1. The third-order valence-corrected chi connectivity index (χ3v) is 5.38. The normalized spacial score (nSPS) is 31.6. The van der Waals surface area contributed by atoms with E-state index in [1.165, 1.54) is 52.0 Å². The summed E-state index contributed by atoms with van der Waals surface area (Å²) in [5, 5.41) is 3.43. The molecule has 0 bridgehead atoms. The Balaban J connectivity index is 1.57. The van der Waals surface area contributed by atoms with Gasteiger partial charge in [-0.1, -0.05) is 13.3 Å². The largest absolute Gasteiger partial charge is 0.380 e. The van der Waals surface area contributed by atoms with Crippen LogP contribution in [0.15, 0.2) is 0 Å². The molecule has 1 atom stereocenters. The number of hydrogen-bond acceptors (Lipinski definition) is 3. The van der Waals surface area contributed by atoms with Gasteiger partial charge in [0.25, 0.3) is 0 Å². The van der Waals surface area contributed by atoms with Crippen molar-refractivity contribution >= 4 is 0 Å². The SMILES string of the molecule is CC(CN1CCNCC1)C1(C2CCC2)COC1. The maximum absolute atomic E-state index is 5.57. The van der Waals surface area contributed by atoms with Gasteiger partial charge in [-0.15, -0.1) is 0 Å². The van der Waals surface area contributed by atoms with Gasteiger partial charge in [-0.2, -0.15) is 0 Å². The molecule has 3 rings (SSSR count). The second-order valence-corrected chi connectivity index (χ2v) is 6.31. The Bertz CT molecular complexity index is 255. The average Bonchev–Trinajstić information content (AvgIpc) is 2.21. The molecular formula is C14H26N2O. The lowest BCUT2D eigenvalue weighted by Gasteiger charge is -2.55. The van der Waals surface area contributed by atoms with E-state index in [2.05, 4.69) is 17.1 Å². The molecule has 1 aliphatic carbocycles. The lowest BCUT2D eigenvalue weighted by molar-refractivity contribution is -0.193. The monoisotopic (exact) mass is 238 g/mol. The molecule has 0 aromatic carbocycles. The Hall–Kier alpha value is -0.120. The van der Waals surface area contributed by atoms with Crippen LogP contribution in [0.3, 0.4) is 0 Å². The van der Waals surface area contributed by atoms with Crippen molar-refractivity contribution in [3.63, 3.8) is 0 Å². The van der Waals surface area contributed by atoms with E-state index in [0.29, 0.717) is 5.41 Å². The molecule has 1 unspecified atom stereocenters. The molecule has 2 aliphatic heterocycles. The molecule has 98 valence electrons. The minimum absolute atomic E-state index is 0.545. The van der Waals surface area contributed by atoms with Crippen LogP contribution in [-0.2, 0) is 4.74 Å². The number of nitrogens with zero attached hydrogens (tertiary/aromatic N) is 1. The Morgan fingerprint density at radius 1 is 1.29 bits per heavy atom. The number of rotatable bonds is 4. The highest BCUT2D eigenvalue weighted by molar-refractivity contribution is 4.99. The van der Waals surface area contributed by atoms with E-state index in [9.17, 15) is 0 Å². The molecule has 17 heavy (non-hydrogen) atoms. The fourth-order valence-electron chi connectivity index (χ4n) is 3.71. The standard InChI is InChI=1S/C14H26N2O/c1-12(9-16-7-5-15-6-8-16)14(10-17-11-14)13-3-2-4-13/h12-13,15H,2-11H2,1H3. The van der Waals surface area contributed by atoms with Gasteiger partial charge >= 0.3 is 0 Å². The zero-order valence-corrected chi connectivity index (χ0v) is 11.1. The molecule has 0 aromatic heterocycles. The van der Waals surface area contributed by atoms with Crippen molar-refractivity contribution < 1.29 is 4.74 Å². The van der Waals surface area contributed by atoms with Crippen LogP contribution in [0.2, 0.25) is 0 Å². The first kappa shape index (κ1) is 11.9. The zero-order chi connectivity index (χ0) is 11.7. The summed E-state index contributed by atoms with van der Waals surface area (Å²) in [6.45, 7) is 10.6. The van der Waals surface area contributed by atoms with Gasteiger partial charge in [-0.25, -0.2) is 0 Å². The van der Waals surface area contributed by atoms with Crippen LogP contribution in [0.5, 0.6) is 0 Å². The maximum atomic E-state index is 5.57. The first-order chi connectivity index (χ1) is 8.31. The van der Waals surface area contributed by atoms with Gasteiger partial charge in [0.1, 0.15) is 0 Å². The van der Waals surface area contributed by atoms with Gasteiger partial charge in [0, 0.05) is 38.1 Å². The van der Waals surface area contributed by atoms with Crippen molar-refractivity contribution in [2.75, 3.05) is 45.9 Å². The molecule has 0 radical (unpaired) electrons. The molecule has 3 aliphatic rings. The van der Waals surface area contributed by atoms with E-state index in [-0.39, 0.29) is 0 Å². The lowest BCUT2D eigenvalue weighted by atomic mass is 9.58. The molecule has 0 spiro atoms. The van der Waals surface area contributed by atoms with Crippen LogP contribution < -0.4 is 5.32 Å². The van der Waals surface area contributed by atoms with Gasteiger partial charge in [0.15, 0.2) is 0 Å². The molecule has 1 N–H and O–H groups in total. The van der Waals surface area contributed by atoms with Crippen molar-refractivity contribution in [3.8, 4) is 0 Å². The Morgan fingerprint density at radius 2 is 2.00 bits per heavy atom. The summed E-state index contributed by atoms with van der Waals surface area (Å²) < 4.78 is 5.57. The fourth-order valence-corrected chi connectivity index (χ4v) is 3.71. The van der Waals surface area contributed by atoms with E-state index in [1.807, 2.05) is 0 Å². The van der Waals surface area contributed by atoms with Crippen LogP contribution in [0.25, 0.3) is 0 Å². The predicted molar refractivity (Wildman–Crippen MR) is 69.1 cm³/mol. The van der Waals surface area contributed by atoms with E-state index >= 15 is 0 Å². The van der Waals surface area contributed by atoms with E-state index < -0.39 is 0 Å². The summed E-state index contributed by atoms with van der Waals surface area (Å²) in [6.07, 6.45) is 4.36. The summed E-state index contributed by atoms with van der Waals surface area (Å²) in [7, 11) is 0. The van der Waals surface area contributed by atoms with Crippen molar-refractivity contribution in [3.05, 3.63) is 0 Å². The van der Waals surface area contributed by atoms with Crippen LogP contribution in [0.4, 0.5) is 0 Å². The van der Waals surface area contributed by atoms with Crippen molar-refractivity contribution in [2.24, 2.45) is 17.3 Å². The van der Waals surface area contributed by atoms with Crippen LogP contribution in [0, 0.1) is 17.3 Å². The molecule has 3 nitrogen and oxygen atoms in total. The van der Waals surface area contributed by atoms with Gasteiger partial charge in [-0.3, -0.25) is 0 Å². The Morgan fingerprint density at radius 3 is 2.47 bits per heavy atom. The minimum Gasteiger partial charge on any atom is -0.380 e. The third-order valence-electron chi connectivity index (χ3n) is 5.38. The zero-order valence-electron chi connectivity index (χ0n) is 11.1. The third kappa shape index (κ3) is 2.13. The van der Waals surface area contributed by atoms with Crippen molar-refractivity contribution in [1.82, 2.24) is 10.2 Å². The van der Waals surface area contributed by atoms with Crippen molar-refractivity contribution in [1.29, 1.82) is 0 Å². The second kappa shape index (κ2) is 4.87. The van der Waals surface area contributed by atoms with Crippen molar-refractivity contribution in [2.45, 2.75) is 26.2 Å². The first-order valence-corrected chi connectivity index (χ1v) is 7.32. The van der Waals surface area contributed by atoms with Crippen LogP contribution >= 0.6 is 0 Å². The molecule has 3 fully saturated rings. The van der Waals surface area contributed by atoms with E-state index in [0.717, 1.165) is 25.0 Å². The number of piperazine rings is 1. The number of hydrogen-bond donors (Lipinski definition) is 1. The molecular weight excluding hydrogens is 212 g/mol. The second-order valence-electron chi connectivity index (χ2n) is 6.31. The highest BCUT2D eigenvalue weighted by atomic mass is 16.5. The topological polar surface area (TPSA) is 24.5 Å². The smallest absolute Gasteiger partial charge is 0.0550 e. The summed E-state index contributed by atoms with van der Waals surface area (Å²) in [6, 6.07) is 0. The Labute approximate surface area is 105 Å². The molecule has 1 saturated carbocycles. The average molecular weight is 238 g/mol. The maximum Gasteiger partial charge on any atom is 0.0550 e. The van der Waals surface area contributed by atoms with E-state index in [1.54, 1.807) is 0 Å². The molecule has 0 amide bonds. The summed E-state index contributed by atoms with van der Waals surface area (Å²) in [5.74, 6) is 1.77. The van der Waals surface area contributed by atoms with E-state index in [4.69, 9.17) is 4.74 Å². The summed E-state index contributed by atoms with van der Waals surface area (Å²) in [4.78, 5) is 2.64. The van der Waals surface area contributed by atoms with Gasteiger partial charge in [0.05, 0.1) is 13.2 Å². The highest BCUT2D eigenvalue weighted by Gasteiger charge is 2.51. The number of ether oxygens (including phenoxy) is 1. The molecule has 2 heterocycles. The van der Waals surface area contributed by atoms with Crippen LogP contribution in [0.1, 0.15) is 26.2 Å². The fraction of sp³-hybridized carbons (Fsp3) is 1.00. The molecule has 3 heteroatoms.